The fourth-order valence-electron chi connectivity index (χ4n) is 3.10. The first-order valence-electron chi connectivity index (χ1n) is 9.82. The van der Waals surface area contributed by atoms with E-state index in [1.807, 2.05) is 25.1 Å². The van der Waals surface area contributed by atoms with Crippen LogP contribution in [0.2, 0.25) is 5.02 Å². The lowest BCUT2D eigenvalue weighted by atomic mass is 10.1. The van der Waals surface area contributed by atoms with Gasteiger partial charge in [0, 0.05) is 21.8 Å². The van der Waals surface area contributed by atoms with Crippen molar-refractivity contribution in [2.45, 2.75) is 18.7 Å². The lowest BCUT2D eigenvalue weighted by Crippen LogP contribution is -2.17. The third-order valence-electron chi connectivity index (χ3n) is 4.75. The molecule has 0 unspecified atom stereocenters. The quantitative estimate of drug-likeness (QED) is 0.364. The lowest BCUT2D eigenvalue weighted by Gasteiger charge is -2.12. The highest BCUT2D eigenvalue weighted by Gasteiger charge is 2.20. The van der Waals surface area contributed by atoms with Crippen LogP contribution in [-0.4, -0.2) is 24.5 Å². The molecule has 10 heteroatoms. The summed E-state index contributed by atoms with van der Waals surface area (Å²) in [5.41, 5.74) is 2.91. The second-order valence-electron chi connectivity index (χ2n) is 7.33. The van der Waals surface area contributed by atoms with Gasteiger partial charge in [-0.3, -0.25) is 14.8 Å². The molecule has 0 bridgehead atoms. The smallest absolute Gasteiger partial charge is 0.262 e. The van der Waals surface area contributed by atoms with Crippen LogP contribution < -0.4 is 10.0 Å². The van der Waals surface area contributed by atoms with Crippen molar-refractivity contribution in [3.8, 4) is 10.6 Å². The number of amides is 1. The summed E-state index contributed by atoms with van der Waals surface area (Å²) in [7, 11) is -3.89. The monoisotopic (exact) mass is 498 g/mol. The normalized spacial score (nSPS) is 11.2. The number of carbonyl (C=O) groups excluding carboxylic acids is 1. The molecule has 0 aliphatic heterocycles. The molecule has 0 aliphatic carbocycles. The molecule has 1 amide bonds. The van der Waals surface area contributed by atoms with Gasteiger partial charge in [0.25, 0.3) is 15.9 Å². The molecule has 0 fully saturated rings. The molecule has 4 aromatic rings. The third-order valence-corrected chi connectivity index (χ3v) is 7.41. The van der Waals surface area contributed by atoms with E-state index in [-0.39, 0.29) is 10.5 Å². The summed E-state index contributed by atoms with van der Waals surface area (Å²) in [5, 5.41) is 12.3. The average molecular weight is 499 g/mol. The highest BCUT2D eigenvalue weighted by molar-refractivity contribution is 7.92. The van der Waals surface area contributed by atoms with Gasteiger partial charge in [0.2, 0.25) is 5.13 Å². The first-order valence-corrected chi connectivity index (χ1v) is 12.5. The van der Waals surface area contributed by atoms with Gasteiger partial charge in [-0.25, -0.2) is 8.42 Å². The number of hydrogen-bond acceptors (Lipinski definition) is 6. The highest BCUT2D eigenvalue weighted by Crippen LogP contribution is 2.28. The first-order chi connectivity index (χ1) is 15.7. The number of carbonyl (C=O) groups is 1. The Morgan fingerprint density at radius 3 is 2.45 bits per heavy atom. The molecule has 0 radical (unpaired) electrons. The van der Waals surface area contributed by atoms with E-state index < -0.39 is 15.9 Å². The molecular formula is C23H19ClN4O3S2. The third kappa shape index (κ3) is 5.39. The second kappa shape index (κ2) is 9.30. The predicted molar refractivity (Wildman–Crippen MR) is 131 cm³/mol. The maximum absolute atomic E-state index is 13.0. The standard InChI is InChI=1S/C23H19ClN4O3S2/c1-14-4-3-5-19(12-14)28-33(30,31)20-13-17(7-6-15(20)2)21(29)25-23-27-26-22(32-23)16-8-10-18(24)11-9-16/h3-13,28H,1-2H3,(H,25,27,29). The molecule has 7 nitrogen and oxygen atoms in total. The van der Waals surface area contributed by atoms with Gasteiger partial charge in [-0.05, 0) is 61.4 Å². The van der Waals surface area contributed by atoms with Crippen LogP contribution in [0.4, 0.5) is 10.8 Å². The van der Waals surface area contributed by atoms with Gasteiger partial charge in [0.15, 0.2) is 0 Å². The average Bonchev–Trinajstić information content (AvgIpc) is 3.22. The number of sulfonamides is 1. The largest absolute Gasteiger partial charge is 0.296 e. The van der Waals surface area contributed by atoms with E-state index in [2.05, 4.69) is 20.2 Å². The maximum atomic E-state index is 13.0. The van der Waals surface area contributed by atoms with E-state index in [4.69, 9.17) is 11.6 Å². The second-order valence-corrected chi connectivity index (χ2v) is 10.4. The predicted octanol–water partition coefficient (Wildman–Crippen LogP) is 5.53. The fraction of sp³-hybridized carbons (Fsp3) is 0.0870. The number of hydrogen-bond donors (Lipinski definition) is 2. The SMILES string of the molecule is Cc1cccc(NS(=O)(=O)c2cc(C(=O)Nc3nnc(-c4ccc(Cl)cc4)s3)ccc2C)c1. The molecule has 33 heavy (non-hydrogen) atoms. The van der Waals surface area contributed by atoms with Crippen LogP contribution in [0.25, 0.3) is 10.6 Å². The zero-order valence-corrected chi connectivity index (χ0v) is 20.1. The van der Waals surface area contributed by atoms with Crippen molar-refractivity contribution in [2.75, 3.05) is 10.0 Å². The van der Waals surface area contributed by atoms with Gasteiger partial charge < -0.3 is 0 Å². The zero-order chi connectivity index (χ0) is 23.6. The van der Waals surface area contributed by atoms with E-state index in [0.29, 0.717) is 26.4 Å². The maximum Gasteiger partial charge on any atom is 0.262 e. The van der Waals surface area contributed by atoms with E-state index >= 15 is 0 Å². The summed E-state index contributed by atoms with van der Waals surface area (Å²) in [6.45, 7) is 3.55. The Bertz CT molecular complexity index is 1430. The molecule has 4 rings (SSSR count). The van der Waals surface area contributed by atoms with Crippen LogP contribution in [0.5, 0.6) is 0 Å². The molecule has 0 spiro atoms. The van der Waals surface area contributed by atoms with Gasteiger partial charge in [0.05, 0.1) is 4.90 Å². The van der Waals surface area contributed by atoms with E-state index in [0.717, 1.165) is 11.1 Å². The Morgan fingerprint density at radius 1 is 0.970 bits per heavy atom. The molecule has 0 aliphatic rings. The summed E-state index contributed by atoms with van der Waals surface area (Å²) >= 11 is 7.12. The molecule has 0 saturated carbocycles. The fourth-order valence-corrected chi connectivity index (χ4v) is 5.29. The summed E-state index contributed by atoms with van der Waals surface area (Å²) in [4.78, 5) is 12.8. The molecule has 0 atom stereocenters. The molecular weight excluding hydrogens is 480 g/mol. The minimum atomic E-state index is -3.89. The highest BCUT2D eigenvalue weighted by atomic mass is 35.5. The van der Waals surface area contributed by atoms with E-state index in [1.165, 1.54) is 17.4 Å². The molecule has 168 valence electrons. The van der Waals surface area contributed by atoms with Crippen LogP contribution in [0.1, 0.15) is 21.5 Å². The van der Waals surface area contributed by atoms with Crippen molar-refractivity contribution < 1.29 is 13.2 Å². The number of aromatic nitrogens is 2. The van der Waals surface area contributed by atoms with Gasteiger partial charge in [-0.15, -0.1) is 10.2 Å². The van der Waals surface area contributed by atoms with Crippen molar-refractivity contribution in [1.82, 2.24) is 10.2 Å². The Hall–Kier alpha value is -3.27. The number of benzene rings is 3. The van der Waals surface area contributed by atoms with Crippen LogP contribution in [0, 0.1) is 13.8 Å². The number of rotatable bonds is 6. The lowest BCUT2D eigenvalue weighted by molar-refractivity contribution is 0.102. The van der Waals surface area contributed by atoms with Gasteiger partial charge in [0.1, 0.15) is 5.01 Å². The van der Waals surface area contributed by atoms with E-state index in [1.54, 1.807) is 49.4 Å². The number of aryl methyl sites for hydroxylation is 2. The van der Waals surface area contributed by atoms with E-state index in [9.17, 15) is 13.2 Å². The minimum absolute atomic E-state index is 0.0239. The molecule has 2 N–H and O–H groups in total. The molecule has 1 heterocycles. The summed E-state index contributed by atoms with van der Waals surface area (Å²) in [6.07, 6.45) is 0. The summed E-state index contributed by atoms with van der Waals surface area (Å²) in [5.74, 6) is -0.485. The van der Waals surface area contributed by atoms with Crippen LogP contribution in [-0.2, 0) is 10.0 Å². The molecule has 0 saturated heterocycles. The Morgan fingerprint density at radius 2 is 1.73 bits per heavy atom. The van der Waals surface area contributed by atoms with Gasteiger partial charge >= 0.3 is 0 Å². The van der Waals surface area contributed by atoms with Crippen LogP contribution in [0.15, 0.2) is 71.6 Å². The number of nitrogens with one attached hydrogen (secondary N) is 2. The molecule has 3 aromatic carbocycles. The molecule has 1 aromatic heterocycles. The number of halogens is 1. The van der Waals surface area contributed by atoms with Crippen molar-refractivity contribution in [2.24, 2.45) is 0 Å². The number of anilines is 2. The topological polar surface area (TPSA) is 101 Å². The Kier molecular flexibility index (Phi) is 6.46. The van der Waals surface area contributed by atoms with Crippen LogP contribution in [0.3, 0.4) is 0 Å². The van der Waals surface area contributed by atoms with Gasteiger partial charge in [-0.2, -0.15) is 0 Å². The minimum Gasteiger partial charge on any atom is -0.296 e. The Balaban J connectivity index is 1.55. The van der Waals surface area contributed by atoms with Crippen molar-refractivity contribution in [1.29, 1.82) is 0 Å². The summed E-state index contributed by atoms with van der Waals surface area (Å²) < 4.78 is 28.5. The van der Waals surface area contributed by atoms with Gasteiger partial charge in [-0.1, -0.05) is 53.3 Å². The number of nitrogens with zero attached hydrogens (tertiary/aromatic N) is 2. The van der Waals surface area contributed by atoms with Crippen LogP contribution >= 0.6 is 22.9 Å². The van der Waals surface area contributed by atoms with Crippen molar-refractivity contribution in [3.05, 3.63) is 88.4 Å². The zero-order valence-electron chi connectivity index (χ0n) is 17.7. The first kappa shape index (κ1) is 22.9. The van der Waals surface area contributed by atoms with Crippen molar-refractivity contribution >= 4 is 49.7 Å². The summed E-state index contributed by atoms with van der Waals surface area (Å²) in [6, 6.07) is 18.7. The Labute approximate surface area is 200 Å². The van der Waals surface area contributed by atoms with Crippen molar-refractivity contribution in [3.63, 3.8) is 0 Å².